The van der Waals surface area contributed by atoms with E-state index in [0.29, 0.717) is 0 Å². The Kier molecular flexibility index (Phi) is 6.42. The van der Waals surface area contributed by atoms with Crippen LogP contribution in [0.4, 0.5) is 0 Å². The number of ether oxygens (including phenoxy) is 1. The quantitative estimate of drug-likeness (QED) is 0.741. The number of tetrazole rings is 1. The summed E-state index contributed by atoms with van der Waals surface area (Å²) in [5.74, 6) is 0.938. The third kappa shape index (κ3) is 6.67. The van der Waals surface area contributed by atoms with E-state index in [1.807, 2.05) is 4.68 Å². The van der Waals surface area contributed by atoms with Crippen molar-refractivity contribution < 1.29 is 4.74 Å². The van der Waals surface area contributed by atoms with Gasteiger partial charge in [-0.2, -0.15) is 0 Å². The first kappa shape index (κ1) is 17.4. The van der Waals surface area contributed by atoms with E-state index in [1.165, 1.54) is 0 Å². The molecule has 0 aromatic carbocycles. The van der Waals surface area contributed by atoms with Crippen molar-refractivity contribution in [2.24, 2.45) is 0 Å². The average Bonchev–Trinajstić information content (AvgIpc) is 2.75. The van der Waals surface area contributed by atoms with Crippen LogP contribution in [0.15, 0.2) is 5.16 Å². The monoisotopic (exact) mass is 301 g/mol. The van der Waals surface area contributed by atoms with E-state index in [1.54, 1.807) is 18.9 Å². The van der Waals surface area contributed by atoms with Crippen LogP contribution in [0.2, 0.25) is 0 Å². The fourth-order valence-electron chi connectivity index (χ4n) is 1.47. The maximum atomic E-state index is 5.41. The molecule has 0 saturated heterocycles. The summed E-state index contributed by atoms with van der Waals surface area (Å²) < 4.78 is 7.26. The Balaban J connectivity index is 2.39. The minimum absolute atomic E-state index is 0.0981. The zero-order chi connectivity index (χ0) is 15.2. The summed E-state index contributed by atoms with van der Waals surface area (Å²) >= 11 is 1.67. The molecule has 1 aromatic heterocycles. The molecule has 0 aliphatic carbocycles. The summed E-state index contributed by atoms with van der Waals surface area (Å²) in [5, 5.41) is 16.2. The molecule has 116 valence electrons. The van der Waals surface area contributed by atoms with Gasteiger partial charge in [0.25, 0.3) is 0 Å². The Morgan fingerprint density at radius 3 is 2.55 bits per heavy atom. The van der Waals surface area contributed by atoms with Gasteiger partial charge in [-0.05, 0) is 51.5 Å². The molecule has 0 amide bonds. The van der Waals surface area contributed by atoms with Crippen molar-refractivity contribution in [2.75, 3.05) is 19.4 Å². The Bertz CT molecular complexity index is 400. The first-order chi connectivity index (χ1) is 9.23. The minimum atomic E-state index is -0.0981. The van der Waals surface area contributed by atoms with Gasteiger partial charge in [-0.15, -0.1) is 5.10 Å². The summed E-state index contributed by atoms with van der Waals surface area (Å²) in [6.45, 7) is 12.2. The van der Waals surface area contributed by atoms with Crippen LogP contribution >= 0.6 is 11.8 Å². The molecule has 0 radical (unpaired) electrons. The molecule has 1 heterocycles. The van der Waals surface area contributed by atoms with Crippen LogP contribution < -0.4 is 5.32 Å². The summed E-state index contributed by atoms with van der Waals surface area (Å²) in [7, 11) is 1.74. The Morgan fingerprint density at radius 1 is 1.25 bits per heavy atom. The molecule has 1 rings (SSSR count). The second kappa shape index (κ2) is 7.38. The van der Waals surface area contributed by atoms with Gasteiger partial charge >= 0.3 is 0 Å². The lowest BCUT2D eigenvalue weighted by Gasteiger charge is -2.22. The van der Waals surface area contributed by atoms with Crippen LogP contribution in [0, 0.1) is 0 Å². The summed E-state index contributed by atoms with van der Waals surface area (Å²) in [6.07, 6.45) is 0.960. The first-order valence-corrected chi connectivity index (χ1v) is 7.91. The minimum Gasteiger partial charge on any atom is -0.379 e. The molecule has 20 heavy (non-hydrogen) atoms. The van der Waals surface area contributed by atoms with Gasteiger partial charge in [0.2, 0.25) is 5.16 Å². The number of thioether (sulfide) groups is 1. The van der Waals surface area contributed by atoms with Crippen LogP contribution in [-0.4, -0.2) is 50.8 Å². The van der Waals surface area contributed by atoms with E-state index in [9.17, 15) is 0 Å². The summed E-state index contributed by atoms with van der Waals surface area (Å²) in [5.41, 5.74) is 0.0167. The van der Waals surface area contributed by atoms with Gasteiger partial charge in [0.15, 0.2) is 0 Å². The van der Waals surface area contributed by atoms with Crippen molar-refractivity contribution in [1.29, 1.82) is 0 Å². The molecular weight excluding hydrogens is 274 g/mol. The van der Waals surface area contributed by atoms with Crippen molar-refractivity contribution in [3.63, 3.8) is 0 Å². The molecule has 0 bridgehead atoms. The fourth-order valence-corrected chi connectivity index (χ4v) is 2.61. The second-order valence-corrected chi connectivity index (χ2v) is 7.49. The molecule has 0 fully saturated rings. The van der Waals surface area contributed by atoms with Crippen LogP contribution in [0.3, 0.4) is 0 Å². The third-order valence-corrected chi connectivity index (χ3v) is 3.92. The van der Waals surface area contributed by atoms with Crippen molar-refractivity contribution >= 4 is 11.8 Å². The highest BCUT2D eigenvalue weighted by atomic mass is 32.2. The van der Waals surface area contributed by atoms with E-state index in [-0.39, 0.29) is 11.1 Å². The van der Waals surface area contributed by atoms with E-state index < -0.39 is 0 Å². The van der Waals surface area contributed by atoms with Gasteiger partial charge in [-0.1, -0.05) is 11.8 Å². The summed E-state index contributed by atoms with van der Waals surface area (Å²) in [6, 6.07) is 0. The van der Waals surface area contributed by atoms with Gasteiger partial charge in [0, 0.05) is 24.9 Å². The number of hydrogen-bond acceptors (Lipinski definition) is 6. The Labute approximate surface area is 126 Å². The van der Waals surface area contributed by atoms with Crippen molar-refractivity contribution in [1.82, 2.24) is 25.5 Å². The number of rotatable bonds is 8. The van der Waals surface area contributed by atoms with Gasteiger partial charge in [0.1, 0.15) is 0 Å². The maximum absolute atomic E-state index is 5.41. The molecule has 0 aliphatic rings. The molecular formula is C13H27N5OS. The van der Waals surface area contributed by atoms with Crippen molar-refractivity contribution in [3.05, 3.63) is 0 Å². The van der Waals surface area contributed by atoms with E-state index in [4.69, 9.17) is 4.74 Å². The SMILES string of the molecule is COC(C)(C)CCSc1nnnn1CCNC(C)(C)C. The molecule has 7 heteroatoms. The molecule has 6 nitrogen and oxygen atoms in total. The second-order valence-electron chi connectivity index (χ2n) is 6.42. The highest BCUT2D eigenvalue weighted by Crippen LogP contribution is 2.21. The van der Waals surface area contributed by atoms with Gasteiger partial charge in [0.05, 0.1) is 12.1 Å². The molecule has 0 unspecified atom stereocenters. The van der Waals surface area contributed by atoms with Gasteiger partial charge < -0.3 is 10.1 Å². The van der Waals surface area contributed by atoms with Crippen molar-refractivity contribution in [3.8, 4) is 0 Å². The third-order valence-electron chi connectivity index (χ3n) is 2.97. The number of aromatic nitrogens is 4. The van der Waals surface area contributed by atoms with Crippen LogP contribution in [0.1, 0.15) is 41.0 Å². The normalized spacial score (nSPS) is 12.9. The maximum Gasteiger partial charge on any atom is 0.209 e. The number of nitrogens with one attached hydrogen (secondary N) is 1. The topological polar surface area (TPSA) is 64.9 Å². The Morgan fingerprint density at radius 2 is 1.95 bits per heavy atom. The predicted molar refractivity (Wildman–Crippen MR) is 82.0 cm³/mol. The predicted octanol–water partition coefficient (Wildman–Crippen LogP) is 1.97. The fraction of sp³-hybridized carbons (Fsp3) is 0.923. The van der Waals surface area contributed by atoms with E-state index in [0.717, 1.165) is 30.4 Å². The first-order valence-electron chi connectivity index (χ1n) is 6.93. The average molecular weight is 301 g/mol. The molecule has 0 aliphatic heterocycles. The number of nitrogens with zero attached hydrogens (tertiary/aromatic N) is 4. The van der Waals surface area contributed by atoms with Gasteiger partial charge in [-0.25, -0.2) is 4.68 Å². The highest BCUT2D eigenvalue weighted by molar-refractivity contribution is 7.99. The summed E-state index contributed by atoms with van der Waals surface area (Å²) in [4.78, 5) is 0. The molecule has 1 N–H and O–H groups in total. The highest BCUT2D eigenvalue weighted by Gasteiger charge is 2.17. The van der Waals surface area contributed by atoms with Crippen LogP contribution in [0.5, 0.6) is 0 Å². The lowest BCUT2D eigenvalue weighted by Crippen LogP contribution is -2.38. The number of methoxy groups -OCH3 is 1. The van der Waals surface area contributed by atoms with Crippen molar-refractivity contribution in [2.45, 2.75) is 63.9 Å². The standard InChI is InChI=1S/C13H27N5OS/c1-12(2,3)14-8-9-18-11(15-16-17-18)20-10-7-13(4,5)19-6/h14H,7-10H2,1-6H3. The largest absolute Gasteiger partial charge is 0.379 e. The van der Waals surface area contributed by atoms with E-state index >= 15 is 0 Å². The smallest absolute Gasteiger partial charge is 0.209 e. The molecule has 0 spiro atoms. The van der Waals surface area contributed by atoms with E-state index in [2.05, 4.69) is 55.5 Å². The lowest BCUT2D eigenvalue weighted by atomic mass is 10.1. The number of hydrogen-bond donors (Lipinski definition) is 1. The van der Waals surface area contributed by atoms with Gasteiger partial charge in [-0.3, -0.25) is 0 Å². The molecule has 0 saturated carbocycles. The van der Waals surface area contributed by atoms with Crippen LogP contribution in [-0.2, 0) is 11.3 Å². The molecule has 0 atom stereocenters. The van der Waals surface area contributed by atoms with Crippen LogP contribution in [0.25, 0.3) is 0 Å². The molecule has 1 aromatic rings. The lowest BCUT2D eigenvalue weighted by molar-refractivity contribution is 0.0206. The zero-order valence-electron chi connectivity index (χ0n) is 13.4. The Hall–Kier alpha value is -0.660. The zero-order valence-corrected chi connectivity index (χ0v) is 14.3.